The Morgan fingerprint density at radius 1 is 0.762 bits per heavy atom. The van der Waals surface area contributed by atoms with Gasteiger partial charge in [0.25, 0.3) is 0 Å². The molecule has 0 N–H and O–H groups in total. The first-order valence-electron chi connectivity index (χ1n) is 7.56. The Morgan fingerprint density at radius 3 is 1.81 bits per heavy atom. The summed E-state index contributed by atoms with van der Waals surface area (Å²) in [5.74, 6) is 0.914. The van der Waals surface area contributed by atoms with E-state index < -0.39 is 0 Å². The fraction of sp³-hybridized carbons (Fsp3) is 0.474. The summed E-state index contributed by atoms with van der Waals surface area (Å²) in [7, 11) is 0. The largest absolute Gasteiger partial charge is 0.237 e. The van der Waals surface area contributed by atoms with Crippen LogP contribution in [-0.2, 0) is 10.8 Å². The molecule has 21 heavy (non-hydrogen) atoms. The van der Waals surface area contributed by atoms with Gasteiger partial charge in [-0.3, -0.25) is 0 Å². The lowest BCUT2D eigenvalue weighted by Crippen LogP contribution is -2.23. The summed E-state index contributed by atoms with van der Waals surface area (Å²) in [5, 5.41) is 0. The molecule has 0 unspecified atom stereocenters. The van der Waals surface area contributed by atoms with Crippen molar-refractivity contribution in [3.63, 3.8) is 0 Å². The first-order chi connectivity index (χ1) is 9.60. The van der Waals surface area contributed by atoms with E-state index >= 15 is 0 Å². The van der Waals surface area contributed by atoms with E-state index in [1.807, 2.05) is 6.07 Å². The molecule has 0 amide bonds. The summed E-state index contributed by atoms with van der Waals surface area (Å²) in [6.45, 7) is 15.3. The molecule has 1 aromatic carbocycles. The maximum absolute atomic E-state index is 4.89. The Hall–Kier alpha value is -1.70. The molecule has 0 fully saturated rings. The molecule has 1 aromatic heterocycles. The van der Waals surface area contributed by atoms with Gasteiger partial charge in [0.15, 0.2) is 0 Å². The van der Waals surface area contributed by atoms with Gasteiger partial charge >= 0.3 is 0 Å². The van der Waals surface area contributed by atoms with E-state index in [0.29, 0.717) is 0 Å². The predicted octanol–water partition coefficient (Wildman–Crippen LogP) is 5.05. The molecule has 0 saturated heterocycles. The van der Waals surface area contributed by atoms with Crippen LogP contribution in [0.25, 0.3) is 11.3 Å². The Balaban J connectivity index is 2.76. The first-order valence-corrected chi connectivity index (χ1v) is 7.56. The van der Waals surface area contributed by atoms with E-state index in [1.165, 1.54) is 5.56 Å². The maximum atomic E-state index is 4.89. The number of benzene rings is 1. The minimum Gasteiger partial charge on any atom is -0.237 e. The van der Waals surface area contributed by atoms with E-state index in [2.05, 4.69) is 72.7 Å². The average Bonchev–Trinajstić information content (AvgIpc) is 2.37. The van der Waals surface area contributed by atoms with E-state index in [-0.39, 0.29) is 10.8 Å². The van der Waals surface area contributed by atoms with Gasteiger partial charge in [-0.1, -0.05) is 71.9 Å². The van der Waals surface area contributed by atoms with Crippen molar-refractivity contribution in [3.05, 3.63) is 47.4 Å². The van der Waals surface area contributed by atoms with Gasteiger partial charge in [-0.05, 0) is 12.5 Å². The summed E-state index contributed by atoms with van der Waals surface area (Å²) in [5.41, 5.74) is 4.49. The molecule has 0 saturated carbocycles. The fourth-order valence-electron chi connectivity index (χ4n) is 2.46. The van der Waals surface area contributed by atoms with Crippen LogP contribution in [0.15, 0.2) is 30.3 Å². The van der Waals surface area contributed by atoms with Crippen LogP contribution in [0.5, 0.6) is 0 Å². The molecule has 1 heterocycles. The lowest BCUT2D eigenvalue weighted by Gasteiger charge is -2.26. The summed E-state index contributed by atoms with van der Waals surface area (Å²) < 4.78 is 0. The van der Waals surface area contributed by atoms with Crippen molar-refractivity contribution in [1.82, 2.24) is 9.97 Å². The molecule has 0 aliphatic carbocycles. The van der Waals surface area contributed by atoms with E-state index in [0.717, 1.165) is 22.8 Å². The van der Waals surface area contributed by atoms with E-state index in [4.69, 9.17) is 9.97 Å². The van der Waals surface area contributed by atoms with Gasteiger partial charge in [0.2, 0.25) is 0 Å². The van der Waals surface area contributed by atoms with Gasteiger partial charge in [0.1, 0.15) is 5.82 Å². The van der Waals surface area contributed by atoms with Crippen molar-refractivity contribution in [2.75, 3.05) is 0 Å². The smallest absolute Gasteiger partial charge is 0.134 e. The number of nitrogens with zero attached hydrogens (tertiary/aromatic N) is 2. The lowest BCUT2D eigenvalue weighted by molar-refractivity contribution is 0.511. The monoisotopic (exact) mass is 282 g/mol. The maximum Gasteiger partial charge on any atom is 0.134 e. The Labute approximate surface area is 128 Å². The minimum absolute atomic E-state index is 0.0105. The Morgan fingerprint density at radius 2 is 1.33 bits per heavy atom. The Kier molecular flexibility index (Phi) is 3.92. The molecule has 112 valence electrons. The van der Waals surface area contributed by atoms with Crippen molar-refractivity contribution >= 4 is 0 Å². The Bertz CT molecular complexity index is 629. The quantitative estimate of drug-likeness (QED) is 0.731. The molecule has 0 atom stereocenters. The van der Waals surface area contributed by atoms with Gasteiger partial charge < -0.3 is 0 Å². The zero-order chi connectivity index (χ0) is 15.8. The third kappa shape index (κ3) is 3.31. The second-order valence-corrected chi connectivity index (χ2v) is 7.74. The molecule has 2 nitrogen and oxygen atoms in total. The van der Waals surface area contributed by atoms with Crippen LogP contribution in [0, 0.1) is 6.92 Å². The highest BCUT2D eigenvalue weighted by molar-refractivity contribution is 5.64. The third-order valence-corrected chi connectivity index (χ3v) is 3.57. The van der Waals surface area contributed by atoms with E-state index in [1.54, 1.807) is 0 Å². The zero-order valence-electron chi connectivity index (χ0n) is 14.3. The summed E-state index contributed by atoms with van der Waals surface area (Å²) in [6.07, 6.45) is 0. The topological polar surface area (TPSA) is 25.8 Å². The van der Waals surface area contributed by atoms with E-state index in [9.17, 15) is 0 Å². The molecular formula is C19H26N2. The van der Waals surface area contributed by atoms with Gasteiger partial charge in [0.05, 0.1) is 11.4 Å². The fourth-order valence-corrected chi connectivity index (χ4v) is 2.46. The zero-order valence-corrected chi connectivity index (χ0v) is 14.3. The third-order valence-electron chi connectivity index (χ3n) is 3.57. The first kappa shape index (κ1) is 15.7. The SMILES string of the molecule is Cc1c(-c2ccccc2)nc(C(C)(C)C)nc1C(C)(C)C. The van der Waals surface area contributed by atoms with Gasteiger partial charge in [-0.25, -0.2) is 9.97 Å². The summed E-state index contributed by atoms with van der Waals surface area (Å²) >= 11 is 0. The highest BCUT2D eigenvalue weighted by Crippen LogP contribution is 2.32. The number of hydrogen-bond acceptors (Lipinski definition) is 2. The molecule has 0 bridgehead atoms. The average molecular weight is 282 g/mol. The van der Waals surface area contributed by atoms with Gasteiger partial charge in [-0.2, -0.15) is 0 Å². The highest BCUT2D eigenvalue weighted by Gasteiger charge is 2.26. The molecule has 2 rings (SSSR count). The normalized spacial score (nSPS) is 12.5. The van der Waals surface area contributed by atoms with Crippen LogP contribution in [0.1, 0.15) is 58.6 Å². The number of aromatic nitrogens is 2. The molecule has 2 aromatic rings. The summed E-state index contributed by atoms with van der Waals surface area (Å²) in [6, 6.07) is 10.4. The second kappa shape index (κ2) is 5.25. The number of hydrogen-bond donors (Lipinski definition) is 0. The second-order valence-electron chi connectivity index (χ2n) is 7.74. The van der Waals surface area contributed by atoms with Crippen LogP contribution in [0.4, 0.5) is 0 Å². The van der Waals surface area contributed by atoms with Gasteiger partial charge in [0, 0.05) is 16.4 Å². The molecule has 0 spiro atoms. The summed E-state index contributed by atoms with van der Waals surface area (Å²) in [4.78, 5) is 9.77. The van der Waals surface area contributed by atoms with Crippen LogP contribution in [-0.4, -0.2) is 9.97 Å². The van der Waals surface area contributed by atoms with Gasteiger partial charge in [-0.15, -0.1) is 0 Å². The predicted molar refractivity (Wildman–Crippen MR) is 89.6 cm³/mol. The molecule has 0 aliphatic rings. The molecule has 0 radical (unpaired) electrons. The van der Waals surface area contributed by atoms with Crippen LogP contribution in [0.2, 0.25) is 0 Å². The number of rotatable bonds is 1. The van der Waals surface area contributed by atoms with Crippen LogP contribution < -0.4 is 0 Å². The van der Waals surface area contributed by atoms with Crippen molar-refractivity contribution in [2.45, 2.75) is 59.3 Å². The molecule has 2 heteroatoms. The lowest BCUT2D eigenvalue weighted by atomic mass is 9.86. The van der Waals surface area contributed by atoms with Crippen molar-refractivity contribution in [1.29, 1.82) is 0 Å². The van der Waals surface area contributed by atoms with Crippen molar-refractivity contribution in [3.8, 4) is 11.3 Å². The van der Waals surface area contributed by atoms with Crippen LogP contribution >= 0.6 is 0 Å². The van der Waals surface area contributed by atoms with Crippen molar-refractivity contribution in [2.24, 2.45) is 0 Å². The van der Waals surface area contributed by atoms with Crippen LogP contribution in [0.3, 0.4) is 0 Å². The van der Waals surface area contributed by atoms with Crippen molar-refractivity contribution < 1.29 is 0 Å². The highest BCUT2D eigenvalue weighted by atomic mass is 14.9. The standard InChI is InChI=1S/C19H26N2/c1-13-15(14-11-9-8-10-12-14)20-17(19(5,6)7)21-16(13)18(2,3)4/h8-12H,1-7H3. The minimum atomic E-state index is -0.0583. The molecule has 0 aliphatic heterocycles. The molecular weight excluding hydrogens is 256 g/mol.